The van der Waals surface area contributed by atoms with Gasteiger partial charge in [0.25, 0.3) is 0 Å². The van der Waals surface area contributed by atoms with Crippen LogP contribution in [-0.2, 0) is 4.74 Å². The molecule has 92 valence electrons. The van der Waals surface area contributed by atoms with Crippen LogP contribution in [0.5, 0.6) is 5.75 Å². The summed E-state index contributed by atoms with van der Waals surface area (Å²) >= 11 is 3.10. The summed E-state index contributed by atoms with van der Waals surface area (Å²) in [5, 5.41) is 3.09. The van der Waals surface area contributed by atoms with E-state index in [1.165, 1.54) is 7.11 Å². The Morgan fingerprint density at radius 3 is 3.06 bits per heavy atom. The Morgan fingerprint density at radius 2 is 2.41 bits per heavy atom. The highest BCUT2D eigenvalue weighted by atomic mass is 79.9. The van der Waals surface area contributed by atoms with E-state index in [-0.39, 0.29) is 16.1 Å². The lowest BCUT2D eigenvalue weighted by Gasteiger charge is -2.27. The number of anilines is 1. The Hall–Kier alpha value is -1.30. The second-order valence-corrected chi connectivity index (χ2v) is 4.57. The predicted molar refractivity (Wildman–Crippen MR) is 64.0 cm³/mol. The average molecular weight is 304 g/mol. The molecule has 0 radical (unpaired) electrons. The van der Waals surface area contributed by atoms with Crippen LogP contribution in [-0.4, -0.2) is 25.7 Å². The largest absolute Gasteiger partial charge is 0.488 e. The van der Waals surface area contributed by atoms with Gasteiger partial charge in [0.1, 0.15) is 12.4 Å². The molecule has 1 aliphatic heterocycles. The van der Waals surface area contributed by atoms with Crippen LogP contribution in [0.25, 0.3) is 0 Å². The number of fused-ring (bicyclic) bond motifs is 1. The molecule has 6 heteroatoms. The fraction of sp³-hybridized carbons (Fsp3) is 0.364. The number of halogens is 2. The van der Waals surface area contributed by atoms with Crippen molar-refractivity contribution in [3.05, 3.63) is 21.9 Å². The minimum Gasteiger partial charge on any atom is -0.488 e. The number of ether oxygens (including phenoxy) is 2. The second kappa shape index (κ2) is 4.52. The summed E-state index contributed by atoms with van der Waals surface area (Å²) in [6, 6.07) is 1.17. The number of carbonyl (C=O) groups excluding carboxylic acids is 1. The maximum absolute atomic E-state index is 13.6. The highest BCUT2D eigenvalue weighted by molar-refractivity contribution is 9.10. The number of hydrogen-bond donors (Lipinski definition) is 1. The smallest absolute Gasteiger partial charge is 0.340 e. The molecule has 1 aromatic carbocycles. The third kappa shape index (κ3) is 2.09. The van der Waals surface area contributed by atoms with Gasteiger partial charge in [-0.25, -0.2) is 9.18 Å². The van der Waals surface area contributed by atoms with Crippen molar-refractivity contribution in [1.29, 1.82) is 0 Å². The number of methoxy groups -OCH3 is 1. The number of benzene rings is 1. The van der Waals surface area contributed by atoms with Crippen molar-refractivity contribution >= 4 is 27.6 Å². The summed E-state index contributed by atoms with van der Waals surface area (Å²) in [4.78, 5) is 11.6. The minimum atomic E-state index is -0.599. The summed E-state index contributed by atoms with van der Waals surface area (Å²) in [6.07, 6.45) is 0. The molecule has 0 amide bonds. The molecule has 0 saturated heterocycles. The van der Waals surface area contributed by atoms with Gasteiger partial charge in [0, 0.05) is 0 Å². The van der Waals surface area contributed by atoms with Gasteiger partial charge in [-0.1, -0.05) is 0 Å². The molecule has 1 heterocycles. The SMILES string of the molecule is COC(=O)c1cc(F)c(Br)c2c1N[C@@H](C)CO2. The molecule has 17 heavy (non-hydrogen) atoms. The zero-order chi connectivity index (χ0) is 12.6. The highest BCUT2D eigenvalue weighted by Gasteiger charge is 2.27. The van der Waals surface area contributed by atoms with E-state index in [0.717, 1.165) is 6.07 Å². The Morgan fingerprint density at radius 1 is 1.71 bits per heavy atom. The van der Waals surface area contributed by atoms with Crippen LogP contribution in [0.3, 0.4) is 0 Å². The quantitative estimate of drug-likeness (QED) is 0.810. The topological polar surface area (TPSA) is 47.6 Å². The molecule has 0 unspecified atom stereocenters. The van der Waals surface area contributed by atoms with Crippen molar-refractivity contribution in [3.8, 4) is 5.75 Å². The lowest BCUT2D eigenvalue weighted by atomic mass is 10.1. The van der Waals surface area contributed by atoms with Gasteiger partial charge < -0.3 is 14.8 Å². The van der Waals surface area contributed by atoms with Crippen molar-refractivity contribution in [2.24, 2.45) is 0 Å². The summed E-state index contributed by atoms with van der Waals surface area (Å²) in [5.74, 6) is -0.846. The summed E-state index contributed by atoms with van der Waals surface area (Å²) < 4.78 is 23.8. The van der Waals surface area contributed by atoms with Crippen LogP contribution in [0, 0.1) is 5.82 Å². The molecular formula is C11H11BrFNO3. The minimum absolute atomic E-state index is 0.0447. The van der Waals surface area contributed by atoms with E-state index in [0.29, 0.717) is 18.0 Å². The first-order valence-electron chi connectivity index (χ1n) is 5.04. The molecule has 0 bridgehead atoms. The predicted octanol–water partition coefficient (Wildman–Crippen LogP) is 2.57. The summed E-state index contributed by atoms with van der Waals surface area (Å²) in [7, 11) is 1.25. The van der Waals surface area contributed by atoms with Crippen LogP contribution < -0.4 is 10.1 Å². The highest BCUT2D eigenvalue weighted by Crippen LogP contribution is 2.41. The van der Waals surface area contributed by atoms with Crippen LogP contribution in [0.2, 0.25) is 0 Å². The van der Waals surface area contributed by atoms with Crippen LogP contribution in [0.15, 0.2) is 10.5 Å². The summed E-state index contributed by atoms with van der Waals surface area (Å²) in [6.45, 7) is 2.32. The standard InChI is InChI=1S/C11H11BrFNO3/c1-5-4-17-10-8(12)7(13)3-6(9(10)14-5)11(15)16-2/h3,5,14H,4H2,1-2H3/t5-/m0/s1. The van der Waals surface area contributed by atoms with Gasteiger partial charge in [0.2, 0.25) is 0 Å². The van der Waals surface area contributed by atoms with Crippen LogP contribution in [0.1, 0.15) is 17.3 Å². The van der Waals surface area contributed by atoms with Crippen molar-refractivity contribution in [2.45, 2.75) is 13.0 Å². The van der Waals surface area contributed by atoms with Gasteiger partial charge >= 0.3 is 5.97 Å². The van der Waals surface area contributed by atoms with E-state index in [2.05, 4.69) is 26.0 Å². The molecule has 4 nitrogen and oxygen atoms in total. The fourth-order valence-corrected chi connectivity index (χ4v) is 2.08. The molecule has 1 N–H and O–H groups in total. The number of hydrogen-bond acceptors (Lipinski definition) is 4. The van der Waals surface area contributed by atoms with Crippen LogP contribution in [0.4, 0.5) is 10.1 Å². The third-order valence-electron chi connectivity index (χ3n) is 2.45. The van der Waals surface area contributed by atoms with Crippen LogP contribution >= 0.6 is 15.9 Å². The fourth-order valence-electron chi connectivity index (χ4n) is 1.65. The zero-order valence-electron chi connectivity index (χ0n) is 9.34. The normalized spacial score (nSPS) is 17.8. The third-order valence-corrected chi connectivity index (χ3v) is 3.19. The maximum Gasteiger partial charge on any atom is 0.340 e. The molecule has 0 spiro atoms. The average Bonchev–Trinajstić information content (AvgIpc) is 2.32. The van der Waals surface area contributed by atoms with Gasteiger partial charge in [-0.2, -0.15) is 0 Å². The number of rotatable bonds is 1. The number of nitrogens with one attached hydrogen (secondary N) is 1. The van der Waals surface area contributed by atoms with Crippen molar-refractivity contribution in [3.63, 3.8) is 0 Å². The van der Waals surface area contributed by atoms with E-state index < -0.39 is 11.8 Å². The van der Waals surface area contributed by atoms with Crippen molar-refractivity contribution in [2.75, 3.05) is 19.0 Å². The molecule has 1 atom stereocenters. The zero-order valence-corrected chi connectivity index (χ0v) is 10.9. The first-order valence-corrected chi connectivity index (χ1v) is 5.83. The van der Waals surface area contributed by atoms with E-state index in [1.807, 2.05) is 6.92 Å². The Kier molecular flexibility index (Phi) is 3.24. The van der Waals surface area contributed by atoms with E-state index in [4.69, 9.17) is 4.74 Å². The molecular weight excluding hydrogens is 293 g/mol. The molecule has 2 rings (SSSR count). The molecule has 0 aromatic heterocycles. The van der Waals surface area contributed by atoms with Gasteiger partial charge in [-0.05, 0) is 28.9 Å². The Balaban J connectivity index is 2.60. The van der Waals surface area contributed by atoms with Gasteiger partial charge in [-0.15, -0.1) is 0 Å². The van der Waals surface area contributed by atoms with Crippen molar-refractivity contribution < 1.29 is 18.7 Å². The van der Waals surface area contributed by atoms with Crippen molar-refractivity contribution in [1.82, 2.24) is 0 Å². The molecule has 1 aromatic rings. The monoisotopic (exact) mass is 303 g/mol. The number of carbonyl (C=O) groups is 1. The van der Waals surface area contributed by atoms with Gasteiger partial charge in [0.15, 0.2) is 5.75 Å². The molecule has 1 aliphatic rings. The summed E-state index contributed by atoms with van der Waals surface area (Å²) in [5.41, 5.74) is 0.596. The van der Waals surface area contributed by atoms with Gasteiger partial charge in [0.05, 0.1) is 28.9 Å². The molecule has 0 aliphatic carbocycles. The molecule has 0 fully saturated rings. The van der Waals surface area contributed by atoms with E-state index >= 15 is 0 Å². The molecule has 0 saturated carbocycles. The first kappa shape index (κ1) is 12.2. The first-order chi connectivity index (χ1) is 8.04. The maximum atomic E-state index is 13.6. The number of esters is 1. The van der Waals surface area contributed by atoms with E-state index in [1.54, 1.807) is 0 Å². The Bertz CT molecular complexity index is 478. The lowest BCUT2D eigenvalue weighted by molar-refractivity contribution is 0.0600. The lowest BCUT2D eigenvalue weighted by Crippen LogP contribution is -2.30. The Labute approximate surface area is 106 Å². The van der Waals surface area contributed by atoms with Gasteiger partial charge in [-0.3, -0.25) is 0 Å². The second-order valence-electron chi connectivity index (χ2n) is 3.77. The van der Waals surface area contributed by atoms with E-state index in [9.17, 15) is 9.18 Å².